The van der Waals surface area contributed by atoms with E-state index in [1.165, 1.54) is 19.2 Å². The summed E-state index contributed by atoms with van der Waals surface area (Å²) < 4.78 is 46.5. The number of fused-ring (bicyclic) bond motifs is 1. The Hall–Kier alpha value is -3.81. The second-order valence-corrected chi connectivity index (χ2v) is 6.63. The van der Waals surface area contributed by atoms with Gasteiger partial charge >= 0.3 is 6.61 Å². The van der Waals surface area contributed by atoms with Crippen LogP contribution >= 0.6 is 0 Å². The molecule has 0 radical (unpaired) electrons. The van der Waals surface area contributed by atoms with Gasteiger partial charge in [0.25, 0.3) is 5.91 Å². The fourth-order valence-electron chi connectivity index (χ4n) is 3.19. The van der Waals surface area contributed by atoms with Crippen molar-refractivity contribution in [3.8, 4) is 34.1 Å². The third-order valence-electron chi connectivity index (χ3n) is 4.66. The summed E-state index contributed by atoms with van der Waals surface area (Å²) >= 11 is 0. The number of nitrogens with one attached hydrogen (secondary N) is 1. The van der Waals surface area contributed by atoms with Crippen molar-refractivity contribution in [2.45, 2.75) is 6.61 Å². The van der Waals surface area contributed by atoms with Crippen molar-refractivity contribution >= 4 is 11.6 Å². The van der Waals surface area contributed by atoms with Crippen LogP contribution in [0.2, 0.25) is 0 Å². The van der Waals surface area contributed by atoms with E-state index in [2.05, 4.69) is 10.1 Å². The minimum Gasteiger partial charge on any atom is -0.497 e. The van der Waals surface area contributed by atoms with E-state index in [0.29, 0.717) is 52.8 Å². The maximum atomic E-state index is 12.9. The number of hydrogen-bond donors (Lipinski definition) is 1. The number of alkyl halides is 2. The molecule has 1 amide bonds. The molecule has 1 heterocycles. The number of hydrogen-bond acceptors (Lipinski definition) is 5. The topological polar surface area (TPSA) is 66.0 Å². The molecule has 160 valence electrons. The summed E-state index contributed by atoms with van der Waals surface area (Å²) in [7, 11) is 1.54. The van der Waals surface area contributed by atoms with Gasteiger partial charge in [0.15, 0.2) is 11.5 Å². The number of methoxy groups -OCH3 is 1. The summed E-state index contributed by atoms with van der Waals surface area (Å²) in [6.07, 6.45) is 0. The Bertz CT molecular complexity index is 1090. The van der Waals surface area contributed by atoms with Crippen LogP contribution in [0.4, 0.5) is 14.5 Å². The number of anilines is 1. The van der Waals surface area contributed by atoms with Crippen molar-refractivity contribution in [3.05, 3.63) is 66.2 Å². The average Bonchev–Trinajstić information content (AvgIpc) is 2.79. The Morgan fingerprint density at radius 2 is 1.71 bits per heavy atom. The first kappa shape index (κ1) is 20.5. The van der Waals surface area contributed by atoms with Crippen molar-refractivity contribution in [3.63, 3.8) is 0 Å². The summed E-state index contributed by atoms with van der Waals surface area (Å²) in [6.45, 7) is -2.11. The van der Waals surface area contributed by atoms with Crippen molar-refractivity contribution in [2.24, 2.45) is 0 Å². The van der Waals surface area contributed by atoms with E-state index < -0.39 is 6.61 Å². The quantitative estimate of drug-likeness (QED) is 0.601. The fraction of sp³-hybridized carbons (Fsp3) is 0.174. The predicted octanol–water partition coefficient (Wildman–Crippen LogP) is 4.99. The van der Waals surface area contributed by atoms with E-state index in [0.717, 1.165) is 0 Å². The van der Waals surface area contributed by atoms with E-state index in [4.69, 9.17) is 14.2 Å². The molecule has 0 atom stereocenters. The maximum Gasteiger partial charge on any atom is 0.387 e. The summed E-state index contributed by atoms with van der Waals surface area (Å²) in [4.78, 5) is 12.7. The molecule has 0 aromatic heterocycles. The zero-order valence-corrected chi connectivity index (χ0v) is 16.6. The standard InChI is InChI=1S/C23H19F2NO5/c1-28-17-6-2-14(3-7-17)18-13-16(5-9-19(18)31-23(24)25)26-22(27)15-4-8-20-21(12-15)30-11-10-29-20/h2-9,12-13,23H,10-11H2,1H3,(H,26,27). The summed E-state index contributed by atoms with van der Waals surface area (Å²) in [5.74, 6) is 1.33. The lowest BCUT2D eigenvalue weighted by molar-refractivity contribution is -0.0494. The number of ether oxygens (including phenoxy) is 4. The van der Waals surface area contributed by atoms with Crippen LogP contribution in [0.3, 0.4) is 0 Å². The molecule has 1 aliphatic heterocycles. The van der Waals surface area contributed by atoms with Crippen molar-refractivity contribution in [2.75, 3.05) is 25.6 Å². The van der Waals surface area contributed by atoms with Gasteiger partial charge in [0, 0.05) is 16.8 Å². The predicted molar refractivity (Wildman–Crippen MR) is 110 cm³/mol. The monoisotopic (exact) mass is 427 g/mol. The Morgan fingerprint density at radius 1 is 0.968 bits per heavy atom. The minimum absolute atomic E-state index is 0.00232. The number of halogens is 2. The van der Waals surface area contributed by atoms with E-state index in [1.54, 1.807) is 48.5 Å². The van der Waals surface area contributed by atoms with Gasteiger partial charge in [0.1, 0.15) is 24.7 Å². The average molecular weight is 427 g/mol. The van der Waals surface area contributed by atoms with E-state index in [9.17, 15) is 13.6 Å². The Morgan fingerprint density at radius 3 is 2.42 bits per heavy atom. The number of carbonyl (C=O) groups excluding carboxylic acids is 1. The molecular weight excluding hydrogens is 408 g/mol. The highest BCUT2D eigenvalue weighted by molar-refractivity contribution is 6.05. The first-order valence-corrected chi connectivity index (χ1v) is 9.48. The maximum absolute atomic E-state index is 12.9. The second kappa shape index (κ2) is 8.91. The first-order chi connectivity index (χ1) is 15.0. The summed E-state index contributed by atoms with van der Waals surface area (Å²) in [6, 6.07) is 16.2. The molecule has 0 unspecified atom stereocenters. The van der Waals surface area contributed by atoms with Crippen molar-refractivity contribution in [1.82, 2.24) is 0 Å². The molecule has 0 bridgehead atoms. The van der Waals surface area contributed by atoms with Gasteiger partial charge in [-0.1, -0.05) is 12.1 Å². The molecule has 0 aliphatic carbocycles. The molecule has 3 aromatic rings. The molecule has 31 heavy (non-hydrogen) atoms. The van der Waals surface area contributed by atoms with Crippen molar-refractivity contribution in [1.29, 1.82) is 0 Å². The third kappa shape index (κ3) is 4.69. The number of carbonyl (C=O) groups is 1. The van der Waals surface area contributed by atoms with Gasteiger partial charge in [-0.05, 0) is 54.1 Å². The lowest BCUT2D eigenvalue weighted by Crippen LogP contribution is -2.17. The third-order valence-corrected chi connectivity index (χ3v) is 4.66. The highest BCUT2D eigenvalue weighted by Gasteiger charge is 2.17. The van der Waals surface area contributed by atoms with Crippen LogP contribution in [0.5, 0.6) is 23.0 Å². The molecule has 4 rings (SSSR count). The molecule has 1 N–H and O–H groups in total. The van der Waals surface area contributed by atoms with Crippen LogP contribution in [0, 0.1) is 0 Å². The van der Waals surface area contributed by atoms with Crippen molar-refractivity contribution < 1.29 is 32.5 Å². The molecule has 6 nitrogen and oxygen atoms in total. The van der Waals surface area contributed by atoms with Crippen LogP contribution in [0.15, 0.2) is 60.7 Å². The summed E-state index contributed by atoms with van der Waals surface area (Å²) in [5, 5.41) is 2.78. The van der Waals surface area contributed by atoms with Gasteiger partial charge in [-0.25, -0.2) is 0 Å². The van der Waals surface area contributed by atoms with Crippen LogP contribution < -0.4 is 24.3 Å². The number of amides is 1. The normalized spacial score (nSPS) is 12.4. The number of rotatable bonds is 6. The Kier molecular flexibility index (Phi) is 5.88. The van der Waals surface area contributed by atoms with E-state index in [-0.39, 0.29) is 11.7 Å². The van der Waals surface area contributed by atoms with Crippen LogP contribution in [0.25, 0.3) is 11.1 Å². The molecule has 0 saturated heterocycles. The Balaban J connectivity index is 1.61. The van der Waals surface area contributed by atoms with Gasteiger partial charge in [-0.2, -0.15) is 8.78 Å². The van der Waals surface area contributed by atoms with E-state index in [1.807, 2.05) is 0 Å². The van der Waals surface area contributed by atoms with Gasteiger partial charge in [0.05, 0.1) is 7.11 Å². The van der Waals surface area contributed by atoms with Crippen LogP contribution in [-0.4, -0.2) is 32.8 Å². The molecule has 1 aliphatic rings. The molecule has 8 heteroatoms. The number of benzene rings is 3. The van der Waals surface area contributed by atoms with Crippen LogP contribution in [0.1, 0.15) is 10.4 Å². The second-order valence-electron chi connectivity index (χ2n) is 6.63. The smallest absolute Gasteiger partial charge is 0.387 e. The van der Waals surface area contributed by atoms with E-state index >= 15 is 0 Å². The Labute approximate surface area is 177 Å². The first-order valence-electron chi connectivity index (χ1n) is 9.48. The van der Waals surface area contributed by atoms with Gasteiger partial charge in [-0.15, -0.1) is 0 Å². The highest BCUT2D eigenvalue weighted by atomic mass is 19.3. The largest absolute Gasteiger partial charge is 0.497 e. The lowest BCUT2D eigenvalue weighted by atomic mass is 10.0. The molecular formula is C23H19F2NO5. The SMILES string of the molecule is COc1ccc(-c2cc(NC(=O)c3ccc4c(c3)OCCO4)ccc2OC(F)F)cc1. The highest BCUT2D eigenvalue weighted by Crippen LogP contribution is 2.35. The van der Waals surface area contributed by atoms with Gasteiger partial charge in [-0.3, -0.25) is 4.79 Å². The summed E-state index contributed by atoms with van der Waals surface area (Å²) in [5.41, 5.74) is 1.84. The molecule has 0 fully saturated rings. The molecule has 0 saturated carbocycles. The van der Waals surface area contributed by atoms with Gasteiger partial charge in [0.2, 0.25) is 0 Å². The fourth-order valence-corrected chi connectivity index (χ4v) is 3.19. The lowest BCUT2D eigenvalue weighted by Gasteiger charge is -2.19. The van der Waals surface area contributed by atoms with Gasteiger partial charge < -0.3 is 24.3 Å². The zero-order valence-electron chi connectivity index (χ0n) is 16.6. The zero-order chi connectivity index (χ0) is 21.8. The minimum atomic E-state index is -2.98. The van der Waals surface area contributed by atoms with Crippen LogP contribution in [-0.2, 0) is 0 Å². The molecule has 3 aromatic carbocycles. The molecule has 0 spiro atoms.